The van der Waals surface area contributed by atoms with Gasteiger partial charge < -0.3 is 11.1 Å². The lowest BCUT2D eigenvalue weighted by molar-refractivity contribution is -0.117. The number of amides is 1. The summed E-state index contributed by atoms with van der Waals surface area (Å²) in [4.78, 5) is 15.1. The second-order valence-corrected chi connectivity index (χ2v) is 3.47. The summed E-state index contributed by atoms with van der Waals surface area (Å²) < 4.78 is 0. The summed E-state index contributed by atoms with van der Waals surface area (Å²) in [6.07, 6.45) is 1.50. The Bertz CT molecular complexity index is 352. The number of rotatable bonds is 2. The van der Waals surface area contributed by atoms with Gasteiger partial charge in [0.2, 0.25) is 5.91 Å². The third kappa shape index (κ3) is 2.68. The van der Waals surface area contributed by atoms with Gasteiger partial charge >= 0.3 is 0 Å². The fourth-order valence-electron chi connectivity index (χ4n) is 0.883. The topological polar surface area (TPSA) is 68.0 Å². The van der Waals surface area contributed by atoms with E-state index in [2.05, 4.69) is 10.3 Å². The van der Waals surface area contributed by atoms with E-state index in [1.165, 1.54) is 6.20 Å². The third-order valence-electron chi connectivity index (χ3n) is 1.70. The zero-order chi connectivity index (χ0) is 10.7. The van der Waals surface area contributed by atoms with Gasteiger partial charge in [-0.1, -0.05) is 11.6 Å². The van der Waals surface area contributed by atoms with E-state index in [-0.39, 0.29) is 5.91 Å². The van der Waals surface area contributed by atoms with Gasteiger partial charge in [-0.15, -0.1) is 0 Å². The van der Waals surface area contributed by atoms with Crippen molar-refractivity contribution in [2.45, 2.75) is 19.9 Å². The summed E-state index contributed by atoms with van der Waals surface area (Å²) in [5.41, 5.74) is 6.81. The molecule has 76 valence electrons. The Hall–Kier alpha value is -1.13. The van der Waals surface area contributed by atoms with Crippen molar-refractivity contribution >= 4 is 23.2 Å². The molecular weight excluding hydrogens is 202 g/mol. The maximum absolute atomic E-state index is 11.2. The molecule has 0 radical (unpaired) electrons. The standard InChI is InChI=1S/C9H12ClN3O/c1-5-3-7(4-12-8(5)10)13-9(14)6(2)11/h3-4,6H,11H2,1-2H3,(H,13,14)/t6-/m0/s1. The molecule has 1 heterocycles. The zero-order valence-electron chi connectivity index (χ0n) is 8.04. The van der Waals surface area contributed by atoms with Crippen LogP contribution in [0.3, 0.4) is 0 Å². The molecule has 0 spiro atoms. The van der Waals surface area contributed by atoms with E-state index < -0.39 is 6.04 Å². The molecule has 0 saturated carbocycles. The number of nitrogens with zero attached hydrogens (tertiary/aromatic N) is 1. The molecule has 0 aliphatic heterocycles. The minimum Gasteiger partial charge on any atom is -0.323 e. The van der Waals surface area contributed by atoms with Crippen molar-refractivity contribution in [3.8, 4) is 0 Å². The van der Waals surface area contributed by atoms with Gasteiger partial charge in [-0.3, -0.25) is 4.79 Å². The number of carbonyl (C=O) groups is 1. The molecule has 14 heavy (non-hydrogen) atoms. The number of anilines is 1. The van der Waals surface area contributed by atoms with Crippen LogP contribution in [0.4, 0.5) is 5.69 Å². The van der Waals surface area contributed by atoms with Crippen LogP contribution in [-0.2, 0) is 4.79 Å². The Morgan fingerprint density at radius 2 is 2.36 bits per heavy atom. The summed E-state index contributed by atoms with van der Waals surface area (Å²) in [6.45, 7) is 3.43. The van der Waals surface area contributed by atoms with Crippen molar-refractivity contribution in [3.63, 3.8) is 0 Å². The van der Waals surface area contributed by atoms with Crippen molar-refractivity contribution in [1.29, 1.82) is 0 Å². The number of aryl methyl sites for hydroxylation is 1. The molecule has 1 amide bonds. The fraction of sp³-hybridized carbons (Fsp3) is 0.333. The average Bonchev–Trinajstić information content (AvgIpc) is 2.11. The Morgan fingerprint density at radius 1 is 1.71 bits per heavy atom. The minimum absolute atomic E-state index is 0.242. The third-order valence-corrected chi connectivity index (χ3v) is 2.09. The SMILES string of the molecule is Cc1cc(NC(=O)[C@H](C)N)cnc1Cl. The molecule has 0 bridgehead atoms. The van der Waals surface area contributed by atoms with Gasteiger partial charge in [0.15, 0.2) is 0 Å². The van der Waals surface area contributed by atoms with Crippen LogP contribution in [0.15, 0.2) is 12.3 Å². The van der Waals surface area contributed by atoms with Gasteiger partial charge in [0.25, 0.3) is 0 Å². The highest BCUT2D eigenvalue weighted by atomic mass is 35.5. The summed E-state index contributed by atoms with van der Waals surface area (Å²) in [7, 11) is 0. The maximum Gasteiger partial charge on any atom is 0.241 e. The highest BCUT2D eigenvalue weighted by molar-refractivity contribution is 6.30. The molecule has 0 aliphatic rings. The van der Waals surface area contributed by atoms with Gasteiger partial charge in [0.05, 0.1) is 17.9 Å². The average molecular weight is 214 g/mol. The van der Waals surface area contributed by atoms with Crippen LogP contribution in [0.2, 0.25) is 5.15 Å². The number of carbonyl (C=O) groups excluding carboxylic acids is 1. The lowest BCUT2D eigenvalue weighted by Crippen LogP contribution is -2.32. The van der Waals surface area contributed by atoms with E-state index in [1.54, 1.807) is 13.0 Å². The summed E-state index contributed by atoms with van der Waals surface area (Å²) in [5.74, 6) is -0.242. The van der Waals surface area contributed by atoms with Crippen LogP contribution in [0.5, 0.6) is 0 Å². The lowest BCUT2D eigenvalue weighted by Gasteiger charge is -2.08. The maximum atomic E-state index is 11.2. The van der Waals surface area contributed by atoms with Crippen molar-refractivity contribution in [2.75, 3.05) is 5.32 Å². The lowest BCUT2D eigenvalue weighted by atomic mass is 10.2. The Kier molecular flexibility index (Phi) is 3.43. The van der Waals surface area contributed by atoms with Gasteiger partial charge in [0, 0.05) is 0 Å². The number of nitrogens with one attached hydrogen (secondary N) is 1. The van der Waals surface area contributed by atoms with Gasteiger partial charge in [-0.05, 0) is 25.5 Å². The van der Waals surface area contributed by atoms with Crippen LogP contribution in [0.1, 0.15) is 12.5 Å². The minimum atomic E-state index is -0.536. The largest absolute Gasteiger partial charge is 0.323 e. The van der Waals surface area contributed by atoms with E-state index in [9.17, 15) is 4.79 Å². The molecular formula is C9H12ClN3O. The highest BCUT2D eigenvalue weighted by Crippen LogP contribution is 2.15. The summed E-state index contributed by atoms with van der Waals surface area (Å²) in [5, 5.41) is 3.06. The van der Waals surface area contributed by atoms with Crippen LogP contribution in [-0.4, -0.2) is 16.9 Å². The van der Waals surface area contributed by atoms with Crippen LogP contribution < -0.4 is 11.1 Å². The molecule has 0 aromatic carbocycles. The smallest absolute Gasteiger partial charge is 0.241 e. The van der Waals surface area contributed by atoms with Crippen LogP contribution in [0, 0.1) is 6.92 Å². The van der Waals surface area contributed by atoms with Crippen molar-refractivity contribution < 1.29 is 4.79 Å². The number of hydrogen-bond acceptors (Lipinski definition) is 3. The van der Waals surface area contributed by atoms with E-state index in [0.717, 1.165) is 5.56 Å². The molecule has 5 heteroatoms. The summed E-state index contributed by atoms with van der Waals surface area (Å²) >= 11 is 5.73. The molecule has 0 unspecified atom stereocenters. The van der Waals surface area contributed by atoms with Crippen LogP contribution >= 0.6 is 11.6 Å². The first-order valence-corrected chi connectivity index (χ1v) is 4.57. The number of halogens is 1. The summed E-state index contributed by atoms with van der Waals surface area (Å²) in [6, 6.07) is 1.21. The molecule has 0 saturated heterocycles. The Labute approximate surface area is 87.5 Å². The molecule has 1 aromatic rings. The predicted molar refractivity (Wildman–Crippen MR) is 56.3 cm³/mol. The number of nitrogens with two attached hydrogens (primary N) is 1. The second kappa shape index (κ2) is 4.39. The Morgan fingerprint density at radius 3 is 2.86 bits per heavy atom. The monoisotopic (exact) mass is 213 g/mol. The zero-order valence-corrected chi connectivity index (χ0v) is 8.80. The molecule has 1 rings (SSSR count). The van der Waals surface area contributed by atoms with E-state index >= 15 is 0 Å². The molecule has 0 fully saturated rings. The first-order valence-electron chi connectivity index (χ1n) is 4.19. The van der Waals surface area contributed by atoms with Gasteiger partial charge in [-0.25, -0.2) is 4.98 Å². The van der Waals surface area contributed by atoms with E-state index in [0.29, 0.717) is 10.8 Å². The highest BCUT2D eigenvalue weighted by Gasteiger charge is 2.08. The van der Waals surface area contributed by atoms with Gasteiger partial charge in [-0.2, -0.15) is 0 Å². The van der Waals surface area contributed by atoms with Crippen molar-refractivity contribution in [1.82, 2.24) is 4.98 Å². The molecule has 1 atom stereocenters. The second-order valence-electron chi connectivity index (χ2n) is 3.11. The number of pyridine rings is 1. The number of hydrogen-bond donors (Lipinski definition) is 2. The van der Waals surface area contributed by atoms with Crippen molar-refractivity contribution in [3.05, 3.63) is 23.0 Å². The van der Waals surface area contributed by atoms with Crippen LogP contribution in [0.25, 0.3) is 0 Å². The predicted octanol–water partition coefficient (Wildman–Crippen LogP) is 1.33. The normalized spacial score (nSPS) is 12.3. The molecule has 4 nitrogen and oxygen atoms in total. The van der Waals surface area contributed by atoms with E-state index in [1.807, 2.05) is 6.92 Å². The molecule has 1 aromatic heterocycles. The number of aromatic nitrogens is 1. The van der Waals surface area contributed by atoms with Gasteiger partial charge in [0.1, 0.15) is 5.15 Å². The first-order chi connectivity index (χ1) is 6.50. The fourth-order valence-corrected chi connectivity index (χ4v) is 0.986. The Balaban J connectivity index is 2.78. The quantitative estimate of drug-likeness (QED) is 0.729. The molecule has 0 aliphatic carbocycles. The van der Waals surface area contributed by atoms with Crippen molar-refractivity contribution in [2.24, 2.45) is 5.73 Å². The first kappa shape index (κ1) is 10.9. The molecule has 3 N–H and O–H groups in total. The van der Waals surface area contributed by atoms with E-state index in [4.69, 9.17) is 17.3 Å².